The average molecular weight is 282 g/mol. The Morgan fingerprint density at radius 3 is 2.70 bits per heavy atom. The number of nitrogens with zero attached hydrogens (tertiary/aromatic N) is 1. The second-order valence-electron chi connectivity index (χ2n) is 5.05. The van der Waals surface area contributed by atoms with Crippen LogP contribution in [0.2, 0.25) is 0 Å². The molecule has 1 N–H and O–H groups in total. The first-order valence-electron chi connectivity index (χ1n) is 6.25. The highest BCUT2D eigenvalue weighted by atomic mass is 19.1. The number of ether oxygens (including phenoxy) is 1. The Hall–Kier alpha value is -2.02. The lowest BCUT2D eigenvalue weighted by atomic mass is 9.92. The molecular weight excluding hydrogens is 267 g/mol. The van der Waals surface area contributed by atoms with Crippen molar-refractivity contribution < 1.29 is 18.8 Å². The van der Waals surface area contributed by atoms with Crippen molar-refractivity contribution in [3.8, 4) is 0 Å². The minimum atomic E-state index is -0.955. The Kier molecular flexibility index (Phi) is 3.99. The summed E-state index contributed by atoms with van der Waals surface area (Å²) in [6.45, 7) is 3.01. The molecule has 1 aliphatic rings. The number of carbonyl (C=O) groups excluding carboxylic acids is 1. The van der Waals surface area contributed by atoms with E-state index in [-0.39, 0.29) is 5.56 Å². The number of hydrogen-bond donors (Lipinski definition) is 1. The smallest absolute Gasteiger partial charge is 0.305 e. The molecule has 2 rings (SSSR count). The van der Waals surface area contributed by atoms with Gasteiger partial charge in [0.15, 0.2) is 0 Å². The Morgan fingerprint density at radius 1 is 1.45 bits per heavy atom. The summed E-state index contributed by atoms with van der Waals surface area (Å²) in [5.41, 5.74) is -1.03. The molecule has 1 heterocycles. The van der Waals surface area contributed by atoms with Crippen molar-refractivity contribution in [1.82, 2.24) is 5.32 Å². The summed E-state index contributed by atoms with van der Waals surface area (Å²) < 4.78 is 18.5. The van der Waals surface area contributed by atoms with Crippen molar-refractivity contribution in [3.63, 3.8) is 0 Å². The van der Waals surface area contributed by atoms with Gasteiger partial charge in [-0.2, -0.15) is 4.39 Å². The van der Waals surface area contributed by atoms with E-state index in [1.165, 1.54) is 6.07 Å². The highest BCUT2D eigenvalue weighted by Crippen LogP contribution is 2.22. The largest absolute Gasteiger partial charge is 0.381 e. The lowest BCUT2D eigenvalue weighted by Gasteiger charge is -2.34. The molecule has 20 heavy (non-hydrogen) atoms. The van der Waals surface area contributed by atoms with E-state index in [4.69, 9.17) is 4.74 Å². The van der Waals surface area contributed by atoms with E-state index in [0.717, 1.165) is 12.1 Å². The van der Waals surface area contributed by atoms with Crippen LogP contribution in [0.25, 0.3) is 0 Å². The first kappa shape index (κ1) is 14.4. The van der Waals surface area contributed by atoms with Crippen LogP contribution in [0.3, 0.4) is 0 Å². The second kappa shape index (κ2) is 5.54. The predicted molar refractivity (Wildman–Crippen MR) is 69.0 cm³/mol. The Balaban J connectivity index is 2.17. The van der Waals surface area contributed by atoms with Crippen molar-refractivity contribution in [2.45, 2.75) is 25.3 Å². The molecule has 0 spiro atoms. The van der Waals surface area contributed by atoms with E-state index in [9.17, 15) is 19.3 Å². The summed E-state index contributed by atoms with van der Waals surface area (Å²) in [6.07, 6.45) is 1.34. The molecule has 0 aliphatic carbocycles. The zero-order valence-electron chi connectivity index (χ0n) is 11.0. The van der Waals surface area contributed by atoms with Gasteiger partial charge in [0.2, 0.25) is 5.82 Å². The van der Waals surface area contributed by atoms with Crippen LogP contribution in [-0.2, 0) is 4.74 Å². The molecule has 0 atom stereocenters. The van der Waals surface area contributed by atoms with Gasteiger partial charge in [-0.15, -0.1) is 0 Å². The first-order valence-corrected chi connectivity index (χ1v) is 6.25. The van der Waals surface area contributed by atoms with Gasteiger partial charge in [-0.25, -0.2) is 0 Å². The lowest BCUT2D eigenvalue weighted by Crippen LogP contribution is -2.49. The van der Waals surface area contributed by atoms with E-state index in [2.05, 4.69) is 5.32 Å². The molecule has 1 aromatic rings. The molecule has 0 saturated carbocycles. The maximum absolute atomic E-state index is 13.2. The van der Waals surface area contributed by atoms with E-state index < -0.39 is 27.9 Å². The maximum Gasteiger partial charge on any atom is 0.305 e. The van der Waals surface area contributed by atoms with Crippen molar-refractivity contribution >= 4 is 11.6 Å². The molecule has 0 aromatic heterocycles. The van der Waals surface area contributed by atoms with Gasteiger partial charge in [-0.3, -0.25) is 14.9 Å². The van der Waals surface area contributed by atoms with Crippen LogP contribution in [0, 0.1) is 15.9 Å². The topological polar surface area (TPSA) is 81.5 Å². The molecule has 1 saturated heterocycles. The Labute approximate surface area is 115 Å². The number of rotatable bonds is 3. The summed E-state index contributed by atoms with van der Waals surface area (Å²) in [5, 5.41) is 13.5. The van der Waals surface area contributed by atoms with Gasteiger partial charge in [-0.1, -0.05) is 0 Å². The normalized spacial score (nSPS) is 17.5. The van der Waals surface area contributed by atoms with Gasteiger partial charge in [0.05, 0.1) is 4.92 Å². The molecule has 1 aliphatic heterocycles. The molecule has 1 amide bonds. The molecule has 1 aromatic carbocycles. The number of nitrogens with one attached hydrogen (secondary N) is 1. The van der Waals surface area contributed by atoms with Crippen molar-refractivity contribution in [2.75, 3.05) is 13.2 Å². The minimum absolute atomic E-state index is 0.0748. The summed E-state index contributed by atoms with van der Waals surface area (Å²) in [6, 6.07) is 3.12. The van der Waals surface area contributed by atoms with Crippen LogP contribution in [0.5, 0.6) is 0 Å². The molecule has 6 nitrogen and oxygen atoms in total. The fraction of sp³-hybridized carbons (Fsp3) is 0.462. The van der Waals surface area contributed by atoms with E-state index >= 15 is 0 Å². The van der Waals surface area contributed by atoms with Crippen LogP contribution < -0.4 is 5.32 Å². The SMILES string of the molecule is CC1(NC(=O)c2ccc(F)c([N+](=O)[O-])c2)CCOCC1. The zero-order chi connectivity index (χ0) is 14.8. The fourth-order valence-electron chi connectivity index (χ4n) is 2.09. The van der Waals surface area contributed by atoms with Crippen LogP contribution in [0.4, 0.5) is 10.1 Å². The van der Waals surface area contributed by atoms with Crippen molar-refractivity contribution in [2.24, 2.45) is 0 Å². The van der Waals surface area contributed by atoms with Gasteiger partial charge >= 0.3 is 5.69 Å². The number of carbonyl (C=O) groups is 1. The maximum atomic E-state index is 13.2. The quantitative estimate of drug-likeness (QED) is 0.679. The monoisotopic (exact) mass is 282 g/mol. The Morgan fingerprint density at radius 2 is 2.10 bits per heavy atom. The van der Waals surface area contributed by atoms with Gasteiger partial charge in [0.1, 0.15) is 0 Å². The van der Waals surface area contributed by atoms with Crippen molar-refractivity contribution in [1.29, 1.82) is 0 Å². The minimum Gasteiger partial charge on any atom is -0.381 e. The van der Waals surface area contributed by atoms with Gasteiger partial charge in [0, 0.05) is 30.4 Å². The predicted octanol–water partition coefficient (Wildman–Crippen LogP) is 2.03. The number of nitro groups is 1. The van der Waals surface area contributed by atoms with Crippen LogP contribution >= 0.6 is 0 Å². The summed E-state index contributed by atoms with van der Waals surface area (Å²) in [4.78, 5) is 21.9. The highest BCUT2D eigenvalue weighted by Gasteiger charge is 2.30. The van der Waals surface area contributed by atoms with E-state index in [0.29, 0.717) is 26.1 Å². The number of benzene rings is 1. The summed E-state index contributed by atoms with van der Waals surface area (Å²) >= 11 is 0. The number of hydrogen-bond acceptors (Lipinski definition) is 4. The molecule has 1 fully saturated rings. The molecule has 108 valence electrons. The van der Waals surface area contributed by atoms with E-state index in [1.54, 1.807) is 0 Å². The molecular formula is C13H15FN2O4. The molecule has 7 heteroatoms. The molecule has 0 radical (unpaired) electrons. The van der Waals surface area contributed by atoms with Crippen molar-refractivity contribution in [3.05, 3.63) is 39.7 Å². The second-order valence-corrected chi connectivity index (χ2v) is 5.05. The third kappa shape index (κ3) is 3.11. The molecule has 0 bridgehead atoms. The zero-order valence-corrected chi connectivity index (χ0v) is 11.0. The van der Waals surface area contributed by atoms with E-state index in [1.807, 2.05) is 6.92 Å². The molecule has 0 unspecified atom stereocenters. The summed E-state index contributed by atoms with van der Waals surface area (Å²) in [5.74, 6) is -1.40. The number of halogens is 1. The summed E-state index contributed by atoms with van der Waals surface area (Å²) in [7, 11) is 0. The first-order chi connectivity index (χ1) is 9.41. The van der Waals surface area contributed by atoms with Gasteiger partial charge in [-0.05, 0) is 31.9 Å². The van der Waals surface area contributed by atoms with Crippen LogP contribution in [-0.4, -0.2) is 29.6 Å². The Bertz CT molecular complexity index is 541. The average Bonchev–Trinajstić information content (AvgIpc) is 2.39. The third-order valence-corrected chi connectivity index (χ3v) is 3.42. The van der Waals surface area contributed by atoms with Crippen LogP contribution in [0.15, 0.2) is 18.2 Å². The highest BCUT2D eigenvalue weighted by molar-refractivity contribution is 5.95. The third-order valence-electron chi connectivity index (χ3n) is 3.42. The number of nitro benzene ring substituents is 1. The number of amides is 1. The van der Waals surface area contributed by atoms with Crippen LogP contribution in [0.1, 0.15) is 30.1 Å². The fourth-order valence-corrected chi connectivity index (χ4v) is 2.09. The van der Waals surface area contributed by atoms with Gasteiger partial charge < -0.3 is 10.1 Å². The van der Waals surface area contributed by atoms with Gasteiger partial charge in [0.25, 0.3) is 5.91 Å². The standard InChI is InChI=1S/C13H15FN2O4/c1-13(4-6-20-7-5-13)15-12(17)9-2-3-10(14)11(8-9)16(18)19/h2-3,8H,4-7H2,1H3,(H,15,17). The lowest BCUT2D eigenvalue weighted by molar-refractivity contribution is -0.387.